The van der Waals surface area contributed by atoms with Crippen molar-refractivity contribution < 1.29 is 0 Å². The van der Waals surface area contributed by atoms with Gasteiger partial charge in [-0.3, -0.25) is 5.41 Å². The quantitative estimate of drug-likeness (QED) is 0.583. The summed E-state index contributed by atoms with van der Waals surface area (Å²) < 4.78 is 0. The SMILES string of the molecule is CC(C)C1CCCN(CC2(CC(=N)N)CC2)CC1. The third kappa shape index (κ3) is 3.71. The Labute approximate surface area is 112 Å². The zero-order chi connectivity index (χ0) is 13.2. The first kappa shape index (κ1) is 13.9. The lowest BCUT2D eigenvalue weighted by Crippen LogP contribution is -2.33. The summed E-state index contributed by atoms with van der Waals surface area (Å²) in [4.78, 5) is 2.64. The Kier molecular flexibility index (Phi) is 4.31. The van der Waals surface area contributed by atoms with Crippen LogP contribution in [0.15, 0.2) is 0 Å². The van der Waals surface area contributed by atoms with Crippen LogP contribution in [0.2, 0.25) is 0 Å². The number of nitrogens with two attached hydrogens (primary N) is 1. The van der Waals surface area contributed by atoms with Gasteiger partial charge in [-0.1, -0.05) is 13.8 Å². The third-order valence-electron chi connectivity index (χ3n) is 4.89. The largest absolute Gasteiger partial charge is 0.388 e. The van der Waals surface area contributed by atoms with E-state index in [1.54, 1.807) is 0 Å². The molecule has 1 saturated heterocycles. The molecule has 18 heavy (non-hydrogen) atoms. The van der Waals surface area contributed by atoms with E-state index >= 15 is 0 Å². The van der Waals surface area contributed by atoms with Gasteiger partial charge in [-0.2, -0.15) is 0 Å². The van der Waals surface area contributed by atoms with Crippen LogP contribution in [-0.4, -0.2) is 30.4 Å². The summed E-state index contributed by atoms with van der Waals surface area (Å²) in [6.07, 6.45) is 7.46. The van der Waals surface area contributed by atoms with Gasteiger partial charge in [-0.25, -0.2) is 0 Å². The predicted molar refractivity (Wildman–Crippen MR) is 76.8 cm³/mol. The summed E-state index contributed by atoms with van der Waals surface area (Å²) in [6.45, 7) is 8.40. The van der Waals surface area contributed by atoms with Crippen molar-refractivity contribution >= 4 is 5.84 Å². The summed E-state index contributed by atoms with van der Waals surface area (Å²) in [5, 5.41) is 7.50. The molecule has 2 fully saturated rings. The Balaban J connectivity index is 1.82. The summed E-state index contributed by atoms with van der Waals surface area (Å²) in [7, 11) is 0. The molecule has 3 heteroatoms. The Hall–Kier alpha value is -0.570. The summed E-state index contributed by atoms with van der Waals surface area (Å²) in [5.74, 6) is 2.12. The maximum absolute atomic E-state index is 7.50. The van der Waals surface area contributed by atoms with E-state index in [0.717, 1.165) is 18.3 Å². The predicted octanol–water partition coefficient (Wildman–Crippen LogP) is 2.85. The van der Waals surface area contributed by atoms with Crippen molar-refractivity contribution in [3.05, 3.63) is 0 Å². The van der Waals surface area contributed by atoms with E-state index in [2.05, 4.69) is 18.7 Å². The zero-order valence-electron chi connectivity index (χ0n) is 12.0. The van der Waals surface area contributed by atoms with Gasteiger partial charge >= 0.3 is 0 Å². The Morgan fingerprint density at radius 1 is 1.33 bits per heavy atom. The van der Waals surface area contributed by atoms with Crippen molar-refractivity contribution in [2.75, 3.05) is 19.6 Å². The lowest BCUT2D eigenvalue weighted by Gasteiger charge is -2.26. The molecule has 1 atom stereocenters. The summed E-state index contributed by atoms with van der Waals surface area (Å²) in [5.41, 5.74) is 5.96. The number of rotatable bonds is 5. The number of hydrogen-bond donors (Lipinski definition) is 2. The standard InChI is InChI=1S/C15H29N3/c1-12(2)13-4-3-8-18(9-5-13)11-15(6-7-15)10-14(16)17/h12-13H,3-11H2,1-2H3,(H3,16,17). The van der Waals surface area contributed by atoms with E-state index in [4.69, 9.17) is 11.1 Å². The van der Waals surface area contributed by atoms with Gasteiger partial charge in [-0.05, 0) is 62.4 Å². The smallest absolute Gasteiger partial charge is 0.0911 e. The van der Waals surface area contributed by atoms with Crippen molar-refractivity contribution in [1.29, 1.82) is 5.41 Å². The number of hydrogen-bond acceptors (Lipinski definition) is 2. The van der Waals surface area contributed by atoms with Crippen molar-refractivity contribution in [3.63, 3.8) is 0 Å². The molecule has 1 heterocycles. The van der Waals surface area contributed by atoms with Crippen LogP contribution in [0.4, 0.5) is 0 Å². The highest BCUT2D eigenvalue weighted by molar-refractivity contribution is 5.78. The van der Waals surface area contributed by atoms with Gasteiger partial charge in [-0.15, -0.1) is 0 Å². The van der Waals surface area contributed by atoms with Crippen LogP contribution in [-0.2, 0) is 0 Å². The molecule has 1 unspecified atom stereocenters. The maximum atomic E-state index is 7.50. The minimum Gasteiger partial charge on any atom is -0.388 e. The summed E-state index contributed by atoms with van der Waals surface area (Å²) in [6, 6.07) is 0. The van der Waals surface area contributed by atoms with E-state index in [9.17, 15) is 0 Å². The van der Waals surface area contributed by atoms with Gasteiger partial charge in [0.15, 0.2) is 0 Å². The highest BCUT2D eigenvalue weighted by Crippen LogP contribution is 2.49. The minimum atomic E-state index is 0.377. The van der Waals surface area contributed by atoms with Crippen LogP contribution >= 0.6 is 0 Å². The van der Waals surface area contributed by atoms with Gasteiger partial charge < -0.3 is 10.6 Å². The fourth-order valence-corrected chi connectivity index (χ4v) is 3.45. The molecule has 0 aromatic rings. The first-order valence-electron chi connectivity index (χ1n) is 7.56. The number of likely N-dealkylation sites (tertiary alicyclic amines) is 1. The molecular weight excluding hydrogens is 222 g/mol. The molecule has 1 aliphatic heterocycles. The monoisotopic (exact) mass is 251 g/mol. The summed E-state index contributed by atoms with van der Waals surface area (Å²) >= 11 is 0. The molecular formula is C15H29N3. The molecule has 1 saturated carbocycles. The number of nitrogens with zero attached hydrogens (tertiary/aromatic N) is 1. The topological polar surface area (TPSA) is 53.1 Å². The zero-order valence-corrected chi connectivity index (χ0v) is 12.0. The number of nitrogens with one attached hydrogen (secondary N) is 1. The molecule has 3 nitrogen and oxygen atoms in total. The first-order chi connectivity index (χ1) is 8.51. The average Bonchev–Trinajstić information content (AvgIpc) is 3.03. The van der Waals surface area contributed by atoms with E-state index in [-0.39, 0.29) is 0 Å². The lowest BCUT2D eigenvalue weighted by molar-refractivity contribution is 0.223. The third-order valence-corrected chi connectivity index (χ3v) is 4.89. The molecule has 104 valence electrons. The van der Waals surface area contributed by atoms with Gasteiger partial charge in [0.25, 0.3) is 0 Å². The van der Waals surface area contributed by atoms with Crippen LogP contribution in [0.3, 0.4) is 0 Å². The molecule has 2 rings (SSSR count). The fraction of sp³-hybridized carbons (Fsp3) is 0.933. The first-order valence-corrected chi connectivity index (χ1v) is 7.56. The Morgan fingerprint density at radius 3 is 2.61 bits per heavy atom. The molecule has 0 aromatic heterocycles. The minimum absolute atomic E-state index is 0.377. The van der Waals surface area contributed by atoms with Gasteiger partial charge in [0.1, 0.15) is 0 Å². The molecule has 3 N–H and O–H groups in total. The highest BCUT2D eigenvalue weighted by Gasteiger charge is 2.44. The van der Waals surface area contributed by atoms with Gasteiger partial charge in [0, 0.05) is 13.0 Å². The Bertz CT molecular complexity index is 294. The Morgan fingerprint density at radius 2 is 2.06 bits per heavy atom. The molecule has 0 spiro atoms. The van der Waals surface area contributed by atoms with E-state index in [1.807, 2.05) is 0 Å². The molecule has 0 bridgehead atoms. The van der Waals surface area contributed by atoms with Gasteiger partial charge in [0.05, 0.1) is 5.84 Å². The lowest BCUT2D eigenvalue weighted by atomic mass is 9.89. The van der Waals surface area contributed by atoms with E-state index < -0.39 is 0 Å². The average molecular weight is 251 g/mol. The second-order valence-electron chi connectivity index (χ2n) is 6.91. The van der Waals surface area contributed by atoms with Crippen molar-refractivity contribution in [2.24, 2.45) is 23.0 Å². The van der Waals surface area contributed by atoms with Crippen LogP contribution in [0.25, 0.3) is 0 Å². The van der Waals surface area contributed by atoms with Gasteiger partial charge in [0.2, 0.25) is 0 Å². The van der Waals surface area contributed by atoms with Crippen molar-refractivity contribution in [3.8, 4) is 0 Å². The van der Waals surface area contributed by atoms with Crippen LogP contribution in [0.1, 0.15) is 52.4 Å². The van der Waals surface area contributed by atoms with Crippen LogP contribution in [0, 0.1) is 22.7 Å². The highest BCUT2D eigenvalue weighted by atomic mass is 15.1. The van der Waals surface area contributed by atoms with Crippen molar-refractivity contribution in [2.45, 2.75) is 52.4 Å². The molecule has 0 radical (unpaired) electrons. The molecule has 0 amide bonds. The fourth-order valence-electron chi connectivity index (χ4n) is 3.45. The van der Waals surface area contributed by atoms with E-state index in [1.165, 1.54) is 51.7 Å². The molecule has 1 aliphatic carbocycles. The van der Waals surface area contributed by atoms with E-state index in [0.29, 0.717) is 11.3 Å². The maximum Gasteiger partial charge on any atom is 0.0911 e. The van der Waals surface area contributed by atoms with Crippen molar-refractivity contribution in [1.82, 2.24) is 4.90 Å². The second-order valence-corrected chi connectivity index (χ2v) is 6.91. The molecule has 0 aromatic carbocycles. The molecule has 2 aliphatic rings. The van der Waals surface area contributed by atoms with Crippen LogP contribution < -0.4 is 5.73 Å². The van der Waals surface area contributed by atoms with Crippen LogP contribution in [0.5, 0.6) is 0 Å². The second kappa shape index (κ2) is 5.60. The normalized spacial score (nSPS) is 28.1. The number of amidine groups is 1.